The maximum Gasteiger partial charge on any atom is 0.246 e. The zero-order chi connectivity index (χ0) is 16.9. The van der Waals surface area contributed by atoms with Crippen LogP contribution in [0.5, 0.6) is 0 Å². The Labute approximate surface area is 141 Å². The molecular formula is C15H20N6O2S. The van der Waals surface area contributed by atoms with Crippen LogP contribution in [0.3, 0.4) is 0 Å². The molecule has 0 bridgehead atoms. The molecule has 128 valence electrons. The molecule has 0 spiro atoms. The molecule has 8 nitrogen and oxygen atoms in total. The lowest BCUT2D eigenvalue weighted by Crippen LogP contribution is -2.33. The number of rotatable bonds is 3. The Balaban J connectivity index is 1.49. The van der Waals surface area contributed by atoms with Crippen molar-refractivity contribution in [1.29, 1.82) is 0 Å². The van der Waals surface area contributed by atoms with E-state index in [4.69, 9.17) is 0 Å². The van der Waals surface area contributed by atoms with Gasteiger partial charge in [-0.2, -0.15) is 9.40 Å². The normalized spacial score (nSPS) is 24.5. The Hall–Kier alpha value is -2.00. The molecule has 0 saturated carbocycles. The van der Waals surface area contributed by atoms with Crippen LogP contribution in [-0.2, 0) is 17.1 Å². The van der Waals surface area contributed by atoms with Gasteiger partial charge in [-0.05, 0) is 18.8 Å². The topological polar surface area (TPSA) is 84.2 Å². The summed E-state index contributed by atoms with van der Waals surface area (Å²) in [5.74, 6) is 1.64. The highest BCUT2D eigenvalue weighted by molar-refractivity contribution is 7.89. The minimum atomic E-state index is -3.44. The van der Waals surface area contributed by atoms with E-state index in [9.17, 15) is 8.42 Å². The number of hydrogen-bond donors (Lipinski definition) is 0. The fraction of sp³-hybridized carbons (Fsp3) is 0.533. The predicted octanol–water partition coefficient (Wildman–Crippen LogP) is 0.275. The van der Waals surface area contributed by atoms with Gasteiger partial charge in [0.1, 0.15) is 17.0 Å². The zero-order valence-electron chi connectivity index (χ0n) is 13.7. The van der Waals surface area contributed by atoms with E-state index in [1.165, 1.54) is 10.9 Å². The van der Waals surface area contributed by atoms with E-state index in [1.54, 1.807) is 23.9 Å². The highest BCUT2D eigenvalue weighted by Gasteiger charge is 2.45. The third-order valence-electron chi connectivity index (χ3n) is 4.94. The van der Waals surface area contributed by atoms with E-state index in [0.29, 0.717) is 24.9 Å². The molecule has 2 aromatic heterocycles. The molecular weight excluding hydrogens is 328 g/mol. The van der Waals surface area contributed by atoms with Crippen molar-refractivity contribution < 1.29 is 8.42 Å². The number of aromatic nitrogens is 4. The Morgan fingerprint density at radius 2 is 1.83 bits per heavy atom. The van der Waals surface area contributed by atoms with Crippen LogP contribution in [0, 0.1) is 18.8 Å². The molecule has 0 aromatic carbocycles. The van der Waals surface area contributed by atoms with Crippen LogP contribution >= 0.6 is 0 Å². The number of hydrogen-bond acceptors (Lipinski definition) is 6. The summed E-state index contributed by atoms with van der Waals surface area (Å²) >= 11 is 0. The molecule has 0 N–H and O–H groups in total. The number of fused-ring (bicyclic) bond motifs is 1. The maximum atomic E-state index is 12.7. The van der Waals surface area contributed by atoms with Gasteiger partial charge in [-0.3, -0.25) is 4.68 Å². The number of aryl methyl sites for hydroxylation is 2. The number of sulfonamides is 1. The van der Waals surface area contributed by atoms with Crippen LogP contribution < -0.4 is 4.90 Å². The molecule has 4 rings (SSSR count). The molecule has 24 heavy (non-hydrogen) atoms. The molecule has 2 unspecified atom stereocenters. The molecule has 0 amide bonds. The van der Waals surface area contributed by atoms with Crippen molar-refractivity contribution in [2.45, 2.75) is 11.8 Å². The van der Waals surface area contributed by atoms with Gasteiger partial charge in [0.2, 0.25) is 10.0 Å². The van der Waals surface area contributed by atoms with E-state index in [1.807, 2.05) is 13.1 Å². The van der Waals surface area contributed by atoms with Crippen molar-refractivity contribution in [3.63, 3.8) is 0 Å². The Bertz CT molecular complexity index is 850. The average molecular weight is 348 g/mol. The van der Waals surface area contributed by atoms with Crippen molar-refractivity contribution in [2.75, 3.05) is 31.1 Å². The Kier molecular flexibility index (Phi) is 3.57. The molecule has 0 radical (unpaired) electrons. The molecule has 2 aliphatic heterocycles. The summed E-state index contributed by atoms with van der Waals surface area (Å²) in [4.78, 5) is 10.9. The first-order valence-electron chi connectivity index (χ1n) is 7.95. The average Bonchev–Trinajstić information content (AvgIpc) is 3.21. The lowest BCUT2D eigenvalue weighted by Gasteiger charge is -2.22. The van der Waals surface area contributed by atoms with E-state index in [2.05, 4.69) is 20.0 Å². The predicted molar refractivity (Wildman–Crippen MR) is 87.9 cm³/mol. The van der Waals surface area contributed by atoms with Crippen LogP contribution in [-0.4, -0.2) is 58.7 Å². The van der Waals surface area contributed by atoms with Gasteiger partial charge >= 0.3 is 0 Å². The Morgan fingerprint density at radius 1 is 1.12 bits per heavy atom. The van der Waals surface area contributed by atoms with Gasteiger partial charge in [0.15, 0.2) is 0 Å². The molecule has 2 fully saturated rings. The Morgan fingerprint density at radius 3 is 2.42 bits per heavy atom. The van der Waals surface area contributed by atoms with Crippen LogP contribution in [0.1, 0.15) is 5.56 Å². The largest absolute Gasteiger partial charge is 0.356 e. The van der Waals surface area contributed by atoms with E-state index in [0.717, 1.165) is 24.5 Å². The molecule has 2 aromatic rings. The van der Waals surface area contributed by atoms with E-state index >= 15 is 0 Å². The first-order valence-corrected chi connectivity index (χ1v) is 9.39. The standard InChI is InChI=1S/C15H20N6O2S/c1-11-3-16-10-17-15(11)20-5-12-7-21(8-13(12)6-20)24(22,23)14-4-18-19(2)9-14/h3-4,9-10,12-13H,5-8H2,1-2H3. The lowest BCUT2D eigenvalue weighted by molar-refractivity contribution is 0.453. The number of nitrogens with zero attached hydrogens (tertiary/aromatic N) is 6. The summed E-state index contributed by atoms with van der Waals surface area (Å²) in [5.41, 5.74) is 1.05. The van der Waals surface area contributed by atoms with Gasteiger partial charge in [-0.25, -0.2) is 18.4 Å². The SMILES string of the molecule is Cc1cncnc1N1CC2CN(S(=O)(=O)c3cnn(C)c3)CC2C1. The molecule has 9 heteroatoms. The van der Waals surface area contributed by atoms with Crippen molar-refractivity contribution in [1.82, 2.24) is 24.1 Å². The second-order valence-corrected chi connectivity index (χ2v) is 8.56. The fourth-order valence-corrected chi connectivity index (χ4v) is 5.26. The van der Waals surface area contributed by atoms with Gasteiger partial charge in [0, 0.05) is 51.2 Å². The highest BCUT2D eigenvalue weighted by Crippen LogP contribution is 2.36. The van der Waals surface area contributed by atoms with E-state index < -0.39 is 10.0 Å². The van der Waals surface area contributed by atoms with Crippen LogP contribution in [0.15, 0.2) is 29.8 Å². The van der Waals surface area contributed by atoms with Gasteiger partial charge in [0.05, 0.1) is 6.20 Å². The van der Waals surface area contributed by atoms with Crippen LogP contribution in [0.25, 0.3) is 0 Å². The first-order chi connectivity index (χ1) is 11.4. The molecule has 4 heterocycles. The molecule has 2 saturated heterocycles. The molecule has 0 aliphatic carbocycles. The quantitative estimate of drug-likeness (QED) is 0.792. The maximum absolute atomic E-state index is 12.7. The van der Waals surface area contributed by atoms with E-state index in [-0.39, 0.29) is 4.90 Å². The van der Waals surface area contributed by atoms with Crippen molar-refractivity contribution >= 4 is 15.8 Å². The summed E-state index contributed by atoms with van der Waals surface area (Å²) < 4.78 is 28.6. The molecule has 2 aliphatic rings. The molecule has 2 atom stereocenters. The second kappa shape index (κ2) is 5.52. The fourth-order valence-electron chi connectivity index (χ4n) is 3.72. The summed E-state index contributed by atoms with van der Waals surface area (Å²) in [5, 5.41) is 3.98. The van der Waals surface area contributed by atoms with Crippen molar-refractivity contribution in [3.05, 3.63) is 30.5 Å². The first kappa shape index (κ1) is 15.5. The van der Waals surface area contributed by atoms with Gasteiger partial charge in [-0.1, -0.05) is 0 Å². The zero-order valence-corrected chi connectivity index (χ0v) is 14.5. The van der Waals surface area contributed by atoms with Gasteiger partial charge < -0.3 is 4.90 Å². The third-order valence-corrected chi connectivity index (χ3v) is 6.72. The summed E-state index contributed by atoms with van der Waals surface area (Å²) in [6.07, 6.45) is 6.35. The monoisotopic (exact) mass is 348 g/mol. The van der Waals surface area contributed by atoms with Crippen LogP contribution in [0.2, 0.25) is 0 Å². The number of anilines is 1. The smallest absolute Gasteiger partial charge is 0.246 e. The summed E-state index contributed by atoms with van der Waals surface area (Å²) in [7, 11) is -1.72. The summed E-state index contributed by atoms with van der Waals surface area (Å²) in [6.45, 7) is 4.79. The lowest BCUT2D eigenvalue weighted by atomic mass is 10.0. The van der Waals surface area contributed by atoms with Crippen LogP contribution in [0.4, 0.5) is 5.82 Å². The third kappa shape index (κ3) is 2.48. The van der Waals surface area contributed by atoms with Gasteiger partial charge in [0.25, 0.3) is 0 Å². The van der Waals surface area contributed by atoms with Gasteiger partial charge in [-0.15, -0.1) is 0 Å². The summed E-state index contributed by atoms with van der Waals surface area (Å²) in [6, 6.07) is 0. The van der Waals surface area contributed by atoms with Crippen molar-refractivity contribution in [2.24, 2.45) is 18.9 Å². The highest BCUT2D eigenvalue weighted by atomic mass is 32.2. The minimum Gasteiger partial charge on any atom is -0.356 e. The minimum absolute atomic E-state index is 0.272. The second-order valence-electron chi connectivity index (χ2n) is 6.63. The van der Waals surface area contributed by atoms with Crippen molar-refractivity contribution in [3.8, 4) is 0 Å².